The summed E-state index contributed by atoms with van der Waals surface area (Å²) in [6.45, 7) is 0. The Bertz CT molecular complexity index is 875. The molecular formula is C21H27N3O3. The van der Waals surface area contributed by atoms with Crippen molar-refractivity contribution in [3.63, 3.8) is 0 Å². The first-order valence-corrected chi connectivity index (χ1v) is 9.96. The van der Waals surface area contributed by atoms with Crippen LogP contribution in [0.15, 0.2) is 29.1 Å². The lowest BCUT2D eigenvalue weighted by Crippen LogP contribution is -2.27. The number of fused-ring (bicyclic) bond motifs is 1. The molecule has 6 heteroatoms. The van der Waals surface area contributed by atoms with E-state index in [1.165, 1.54) is 19.3 Å². The number of aromatic amines is 1. The minimum absolute atomic E-state index is 0.0583. The molecule has 6 nitrogen and oxygen atoms in total. The summed E-state index contributed by atoms with van der Waals surface area (Å²) in [7, 11) is 1.62. The topological polar surface area (TPSA) is 76.1 Å². The van der Waals surface area contributed by atoms with Crippen molar-refractivity contribution in [3.8, 4) is 5.75 Å². The van der Waals surface area contributed by atoms with Gasteiger partial charge in [-0.05, 0) is 18.9 Å². The van der Waals surface area contributed by atoms with Gasteiger partial charge in [0.15, 0.2) is 0 Å². The highest BCUT2D eigenvalue weighted by Crippen LogP contribution is 2.40. The van der Waals surface area contributed by atoms with Gasteiger partial charge >= 0.3 is 0 Å². The number of benzene rings is 1. The lowest BCUT2D eigenvalue weighted by atomic mass is 9.86. The van der Waals surface area contributed by atoms with Crippen LogP contribution in [-0.2, 0) is 4.79 Å². The molecule has 1 aliphatic carbocycles. The molecular weight excluding hydrogens is 342 g/mol. The molecule has 2 heterocycles. The molecule has 144 valence electrons. The molecule has 1 amide bonds. The second-order valence-corrected chi connectivity index (χ2v) is 7.62. The summed E-state index contributed by atoms with van der Waals surface area (Å²) >= 11 is 0. The summed E-state index contributed by atoms with van der Waals surface area (Å²) < 4.78 is 7.42. The van der Waals surface area contributed by atoms with E-state index in [4.69, 9.17) is 4.74 Å². The average molecular weight is 369 g/mol. The van der Waals surface area contributed by atoms with Gasteiger partial charge in [-0.15, -0.1) is 0 Å². The fourth-order valence-electron chi connectivity index (χ4n) is 4.57. The van der Waals surface area contributed by atoms with Crippen LogP contribution in [0.5, 0.6) is 5.75 Å². The number of aromatic nitrogens is 2. The zero-order valence-electron chi connectivity index (χ0n) is 15.8. The standard InChI is InChI=1S/C21H27N3O3/c1-27-17-12-8-7-11-15(17)16-13-18(25)22-20-19(16)21(26)23-24(20)14-9-5-3-2-4-6-10-14/h7-8,11-12,14,16H,2-6,9-10,13H2,1H3,(H,22,25)(H,23,26)/t16-/m1/s1. The van der Waals surface area contributed by atoms with Crippen LogP contribution < -0.4 is 15.6 Å². The number of methoxy groups -OCH3 is 1. The van der Waals surface area contributed by atoms with Gasteiger partial charge in [-0.1, -0.05) is 50.3 Å². The highest BCUT2D eigenvalue weighted by molar-refractivity contribution is 5.94. The van der Waals surface area contributed by atoms with Gasteiger partial charge in [-0.3, -0.25) is 19.4 Å². The van der Waals surface area contributed by atoms with Crippen molar-refractivity contribution in [3.05, 3.63) is 45.7 Å². The van der Waals surface area contributed by atoms with Crippen molar-refractivity contribution in [2.75, 3.05) is 12.4 Å². The second kappa shape index (κ2) is 7.62. The predicted molar refractivity (Wildman–Crippen MR) is 104 cm³/mol. The Kier molecular flexibility index (Phi) is 5.05. The number of hydrogen-bond acceptors (Lipinski definition) is 3. The average Bonchev–Trinajstić information content (AvgIpc) is 2.97. The van der Waals surface area contributed by atoms with Gasteiger partial charge in [-0.2, -0.15) is 0 Å². The number of hydrogen-bond donors (Lipinski definition) is 2. The van der Waals surface area contributed by atoms with Crippen LogP contribution in [0.1, 0.15) is 74.5 Å². The molecule has 1 aromatic carbocycles. The Morgan fingerprint density at radius 1 is 1.04 bits per heavy atom. The van der Waals surface area contributed by atoms with Crippen molar-refractivity contribution >= 4 is 11.7 Å². The van der Waals surface area contributed by atoms with Gasteiger partial charge in [0.2, 0.25) is 5.91 Å². The molecule has 1 atom stereocenters. The van der Waals surface area contributed by atoms with Crippen LogP contribution in [0.25, 0.3) is 0 Å². The van der Waals surface area contributed by atoms with Crippen LogP contribution in [0.4, 0.5) is 5.82 Å². The normalized spacial score (nSPS) is 21.1. The van der Waals surface area contributed by atoms with Crippen molar-refractivity contribution in [2.45, 2.75) is 63.3 Å². The third-order valence-electron chi connectivity index (χ3n) is 5.91. The van der Waals surface area contributed by atoms with E-state index in [9.17, 15) is 9.59 Å². The summed E-state index contributed by atoms with van der Waals surface area (Å²) in [6, 6.07) is 7.87. The molecule has 0 bridgehead atoms. The molecule has 1 saturated carbocycles. The van der Waals surface area contributed by atoms with Gasteiger partial charge in [0.25, 0.3) is 5.56 Å². The zero-order chi connectivity index (χ0) is 18.8. The van der Waals surface area contributed by atoms with Crippen molar-refractivity contribution in [2.24, 2.45) is 0 Å². The van der Waals surface area contributed by atoms with Gasteiger partial charge < -0.3 is 10.1 Å². The van der Waals surface area contributed by atoms with E-state index in [2.05, 4.69) is 10.4 Å². The number of amides is 1. The Morgan fingerprint density at radius 2 is 1.74 bits per heavy atom. The van der Waals surface area contributed by atoms with E-state index in [0.717, 1.165) is 31.2 Å². The van der Waals surface area contributed by atoms with E-state index in [-0.39, 0.29) is 29.8 Å². The number of carbonyl (C=O) groups is 1. The molecule has 0 unspecified atom stereocenters. The van der Waals surface area contributed by atoms with Crippen molar-refractivity contribution < 1.29 is 9.53 Å². The van der Waals surface area contributed by atoms with Crippen molar-refractivity contribution in [1.29, 1.82) is 0 Å². The zero-order valence-corrected chi connectivity index (χ0v) is 15.8. The monoisotopic (exact) mass is 369 g/mol. The highest BCUT2D eigenvalue weighted by atomic mass is 16.5. The smallest absolute Gasteiger partial charge is 0.270 e. The van der Waals surface area contributed by atoms with Crippen LogP contribution in [-0.4, -0.2) is 22.8 Å². The molecule has 27 heavy (non-hydrogen) atoms. The van der Waals surface area contributed by atoms with E-state index in [1.807, 2.05) is 28.9 Å². The summed E-state index contributed by atoms with van der Waals surface area (Å²) in [4.78, 5) is 25.4. The van der Waals surface area contributed by atoms with Gasteiger partial charge in [0, 0.05) is 17.9 Å². The Morgan fingerprint density at radius 3 is 2.48 bits per heavy atom. The number of nitrogens with zero attached hydrogens (tertiary/aromatic N) is 1. The molecule has 0 spiro atoms. The Labute approximate surface area is 158 Å². The molecule has 2 aliphatic rings. The maximum atomic E-state index is 12.9. The fourth-order valence-corrected chi connectivity index (χ4v) is 4.57. The third-order valence-corrected chi connectivity index (χ3v) is 5.91. The number of anilines is 1. The number of nitrogens with one attached hydrogen (secondary N) is 2. The SMILES string of the molecule is COc1ccccc1[C@H]1CC(=O)Nc2c1c(=O)[nH]n2C1CCCCCCC1. The number of H-pyrrole nitrogens is 1. The first-order chi connectivity index (χ1) is 13.2. The largest absolute Gasteiger partial charge is 0.496 e. The maximum absolute atomic E-state index is 12.9. The third kappa shape index (κ3) is 3.40. The number of ether oxygens (including phenoxy) is 1. The molecule has 2 N–H and O–H groups in total. The van der Waals surface area contributed by atoms with Crippen LogP contribution in [0.3, 0.4) is 0 Å². The van der Waals surface area contributed by atoms with E-state index < -0.39 is 0 Å². The summed E-state index contributed by atoms with van der Waals surface area (Å²) in [5.74, 6) is 1.01. The van der Waals surface area contributed by atoms with Crippen LogP contribution in [0.2, 0.25) is 0 Å². The Balaban J connectivity index is 1.78. The highest BCUT2D eigenvalue weighted by Gasteiger charge is 2.35. The summed E-state index contributed by atoms with van der Waals surface area (Å²) in [6.07, 6.45) is 8.40. The molecule has 4 rings (SSSR count). The predicted octanol–water partition coefficient (Wildman–Crippen LogP) is 3.94. The lowest BCUT2D eigenvalue weighted by Gasteiger charge is -2.27. The number of para-hydroxylation sites is 1. The molecule has 0 radical (unpaired) electrons. The van der Waals surface area contributed by atoms with Gasteiger partial charge in [-0.25, -0.2) is 0 Å². The second-order valence-electron chi connectivity index (χ2n) is 7.62. The lowest BCUT2D eigenvalue weighted by molar-refractivity contribution is -0.116. The minimum atomic E-state index is -0.288. The quantitative estimate of drug-likeness (QED) is 0.860. The van der Waals surface area contributed by atoms with Crippen LogP contribution >= 0.6 is 0 Å². The van der Waals surface area contributed by atoms with Gasteiger partial charge in [0.1, 0.15) is 11.6 Å². The van der Waals surface area contributed by atoms with E-state index in [1.54, 1.807) is 7.11 Å². The summed E-state index contributed by atoms with van der Waals surface area (Å²) in [5.41, 5.74) is 1.43. The van der Waals surface area contributed by atoms with E-state index in [0.29, 0.717) is 17.1 Å². The first-order valence-electron chi connectivity index (χ1n) is 9.96. The number of rotatable bonds is 3. The maximum Gasteiger partial charge on any atom is 0.270 e. The molecule has 0 saturated heterocycles. The van der Waals surface area contributed by atoms with Crippen LogP contribution in [0, 0.1) is 0 Å². The summed E-state index contributed by atoms with van der Waals surface area (Å²) in [5, 5.41) is 6.01. The number of carbonyl (C=O) groups excluding carboxylic acids is 1. The minimum Gasteiger partial charge on any atom is -0.496 e. The first kappa shape index (κ1) is 17.9. The fraction of sp³-hybridized carbons (Fsp3) is 0.524. The Hall–Kier alpha value is -2.50. The molecule has 1 aliphatic heterocycles. The molecule has 2 aromatic rings. The van der Waals surface area contributed by atoms with E-state index >= 15 is 0 Å². The van der Waals surface area contributed by atoms with Gasteiger partial charge in [0.05, 0.1) is 18.7 Å². The molecule has 1 fully saturated rings. The van der Waals surface area contributed by atoms with Crippen molar-refractivity contribution in [1.82, 2.24) is 9.78 Å². The molecule has 1 aromatic heterocycles.